The van der Waals surface area contributed by atoms with Gasteiger partial charge in [-0.25, -0.2) is 0 Å². The van der Waals surface area contributed by atoms with Crippen LogP contribution < -0.4 is 0 Å². The van der Waals surface area contributed by atoms with Crippen LogP contribution in [0, 0.1) is 0 Å². The number of nitrogens with zero attached hydrogens (tertiary/aromatic N) is 2. The van der Waals surface area contributed by atoms with Crippen LogP contribution in [0.25, 0.3) is 11.4 Å². The molecule has 0 spiro atoms. The highest BCUT2D eigenvalue weighted by Gasteiger charge is 2.10. The van der Waals surface area contributed by atoms with Crippen LogP contribution >= 0.6 is 31.9 Å². The van der Waals surface area contributed by atoms with Crippen molar-refractivity contribution in [1.29, 1.82) is 0 Å². The molecular formula is C12H10Br2N2. The van der Waals surface area contributed by atoms with Crippen LogP contribution in [0.3, 0.4) is 0 Å². The summed E-state index contributed by atoms with van der Waals surface area (Å²) in [5.74, 6) is 0. The van der Waals surface area contributed by atoms with Crippen LogP contribution in [0.5, 0.6) is 0 Å². The van der Waals surface area contributed by atoms with Gasteiger partial charge in [0.2, 0.25) is 0 Å². The van der Waals surface area contributed by atoms with Crippen molar-refractivity contribution in [1.82, 2.24) is 9.97 Å². The molecule has 2 rings (SSSR count). The van der Waals surface area contributed by atoms with Crippen LogP contribution in [0.15, 0.2) is 36.7 Å². The number of hydrogen-bond donors (Lipinski definition) is 0. The standard InChI is InChI=1S/C12H10Br2N2/c13-7-9-3-1-5-15-11(9)12-10(8-14)4-2-6-16-12/h1-6H,7-8H2. The van der Waals surface area contributed by atoms with Gasteiger partial charge in [-0.2, -0.15) is 0 Å². The van der Waals surface area contributed by atoms with E-state index >= 15 is 0 Å². The molecule has 2 nitrogen and oxygen atoms in total. The van der Waals surface area contributed by atoms with Crippen molar-refractivity contribution in [3.05, 3.63) is 47.8 Å². The maximum Gasteiger partial charge on any atom is 0.0929 e. The summed E-state index contributed by atoms with van der Waals surface area (Å²) in [6.45, 7) is 0. The topological polar surface area (TPSA) is 25.8 Å². The quantitative estimate of drug-likeness (QED) is 0.790. The Bertz CT molecular complexity index is 440. The fourth-order valence-corrected chi connectivity index (χ4v) is 2.42. The third-order valence-corrected chi connectivity index (χ3v) is 3.50. The van der Waals surface area contributed by atoms with Crippen molar-refractivity contribution >= 4 is 31.9 Å². The van der Waals surface area contributed by atoms with Gasteiger partial charge in [-0.1, -0.05) is 44.0 Å². The summed E-state index contributed by atoms with van der Waals surface area (Å²) < 4.78 is 0. The van der Waals surface area contributed by atoms with Crippen molar-refractivity contribution in [2.24, 2.45) is 0 Å². The maximum absolute atomic E-state index is 4.42. The molecule has 0 aliphatic carbocycles. The van der Waals surface area contributed by atoms with E-state index in [-0.39, 0.29) is 0 Å². The van der Waals surface area contributed by atoms with Crippen LogP contribution in [-0.2, 0) is 10.7 Å². The Morgan fingerprint density at radius 2 is 1.25 bits per heavy atom. The third-order valence-electron chi connectivity index (χ3n) is 2.29. The lowest BCUT2D eigenvalue weighted by Crippen LogP contribution is -1.96. The molecule has 0 aliphatic rings. The second kappa shape index (κ2) is 5.55. The second-order valence-corrected chi connectivity index (χ2v) is 4.41. The first kappa shape index (κ1) is 11.7. The van der Waals surface area contributed by atoms with Gasteiger partial charge in [0.25, 0.3) is 0 Å². The molecule has 82 valence electrons. The predicted octanol–water partition coefficient (Wildman–Crippen LogP) is 3.93. The summed E-state index contributed by atoms with van der Waals surface area (Å²) in [5.41, 5.74) is 4.22. The highest BCUT2D eigenvalue weighted by Crippen LogP contribution is 2.25. The van der Waals surface area contributed by atoms with Crippen molar-refractivity contribution in [3.63, 3.8) is 0 Å². The predicted molar refractivity (Wildman–Crippen MR) is 72.7 cm³/mol. The van der Waals surface area contributed by atoms with Gasteiger partial charge in [0, 0.05) is 23.1 Å². The van der Waals surface area contributed by atoms with Crippen molar-refractivity contribution < 1.29 is 0 Å². The van der Waals surface area contributed by atoms with E-state index in [1.54, 1.807) is 12.4 Å². The van der Waals surface area contributed by atoms with Crippen LogP contribution in [0.2, 0.25) is 0 Å². The molecule has 0 N–H and O–H groups in total. The average Bonchev–Trinajstić information content (AvgIpc) is 2.38. The summed E-state index contributed by atoms with van der Waals surface area (Å²) in [6, 6.07) is 8.00. The van der Waals surface area contributed by atoms with Gasteiger partial charge < -0.3 is 0 Å². The van der Waals surface area contributed by atoms with E-state index in [1.165, 1.54) is 0 Å². The first-order valence-corrected chi connectivity index (χ1v) is 7.11. The highest BCUT2D eigenvalue weighted by molar-refractivity contribution is 9.08. The number of alkyl halides is 2. The number of hydrogen-bond acceptors (Lipinski definition) is 2. The molecule has 2 aromatic rings. The molecule has 0 aliphatic heterocycles. The van der Waals surface area contributed by atoms with Crippen molar-refractivity contribution in [2.45, 2.75) is 10.7 Å². The fourth-order valence-electron chi connectivity index (χ4n) is 1.52. The number of aromatic nitrogens is 2. The van der Waals surface area contributed by atoms with Gasteiger partial charge in [-0.15, -0.1) is 0 Å². The lowest BCUT2D eigenvalue weighted by molar-refractivity contribution is 1.18. The van der Waals surface area contributed by atoms with Crippen molar-refractivity contribution in [3.8, 4) is 11.4 Å². The van der Waals surface area contributed by atoms with E-state index in [0.29, 0.717) is 0 Å². The largest absolute Gasteiger partial charge is 0.254 e. The zero-order valence-electron chi connectivity index (χ0n) is 8.53. The molecule has 2 aromatic heterocycles. The molecule has 0 aromatic carbocycles. The summed E-state index contributed by atoms with van der Waals surface area (Å²) in [5, 5.41) is 1.57. The Labute approximate surface area is 111 Å². The van der Waals surface area contributed by atoms with E-state index in [1.807, 2.05) is 12.1 Å². The van der Waals surface area contributed by atoms with Gasteiger partial charge in [-0.05, 0) is 23.3 Å². The molecule has 0 saturated carbocycles. The molecule has 0 amide bonds. The van der Waals surface area contributed by atoms with Crippen LogP contribution in [0.4, 0.5) is 0 Å². The van der Waals surface area contributed by atoms with E-state index < -0.39 is 0 Å². The minimum absolute atomic E-state index is 0.786. The Morgan fingerprint density at radius 3 is 1.62 bits per heavy atom. The molecular weight excluding hydrogens is 332 g/mol. The van der Waals surface area contributed by atoms with Crippen molar-refractivity contribution in [2.75, 3.05) is 0 Å². The Morgan fingerprint density at radius 1 is 0.812 bits per heavy atom. The van der Waals surface area contributed by atoms with E-state index in [4.69, 9.17) is 0 Å². The highest BCUT2D eigenvalue weighted by atomic mass is 79.9. The molecule has 0 bridgehead atoms. The summed E-state index contributed by atoms with van der Waals surface area (Å²) >= 11 is 6.95. The van der Waals surface area contributed by atoms with Gasteiger partial charge >= 0.3 is 0 Å². The molecule has 16 heavy (non-hydrogen) atoms. The molecule has 0 atom stereocenters. The minimum Gasteiger partial charge on any atom is -0.254 e. The van der Waals surface area contributed by atoms with Gasteiger partial charge in [0.05, 0.1) is 11.4 Å². The molecule has 0 unspecified atom stereocenters. The third kappa shape index (κ3) is 2.33. The molecule has 0 fully saturated rings. The Kier molecular flexibility index (Phi) is 4.07. The normalized spacial score (nSPS) is 10.4. The van der Waals surface area contributed by atoms with Gasteiger partial charge in [-0.3, -0.25) is 9.97 Å². The molecule has 0 radical (unpaired) electrons. The molecule has 0 saturated heterocycles. The number of rotatable bonds is 3. The maximum atomic E-state index is 4.42. The van der Waals surface area contributed by atoms with Gasteiger partial charge in [0.15, 0.2) is 0 Å². The second-order valence-electron chi connectivity index (χ2n) is 3.29. The average molecular weight is 342 g/mol. The lowest BCUT2D eigenvalue weighted by atomic mass is 10.1. The molecule has 4 heteroatoms. The van der Waals surface area contributed by atoms with E-state index in [2.05, 4.69) is 54.0 Å². The number of pyridine rings is 2. The van der Waals surface area contributed by atoms with E-state index in [9.17, 15) is 0 Å². The lowest BCUT2D eigenvalue weighted by Gasteiger charge is -2.08. The Balaban J connectivity index is 2.58. The summed E-state index contributed by atoms with van der Waals surface area (Å²) in [7, 11) is 0. The summed E-state index contributed by atoms with van der Waals surface area (Å²) in [4.78, 5) is 8.83. The minimum atomic E-state index is 0.786. The van der Waals surface area contributed by atoms with Crippen LogP contribution in [0.1, 0.15) is 11.1 Å². The first-order chi connectivity index (χ1) is 7.86. The Hall–Kier alpha value is -0.740. The SMILES string of the molecule is BrCc1cccnc1-c1ncccc1CBr. The fraction of sp³-hybridized carbons (Fsp3) is 0.167. The zero-order chi connectivity index (χ0) is 11.4. The van der Waals surface area contributed by atoms with Crippen LogP contribution in [-0.4, -0.2) is 9.97 Å². The van der Waals surface area contributed by atoms with E-state index in [0.717, 1.165) is 33.2 Å². The molecule has 2 heterocycles. The zero-order valence-corrected chi connectivity index (χ0v) is 11.7. The number of halogens is 2. The smallest absolute Gasteiger partial charge is 0.0929 e. The van der Waals surface area contributed by atoms with Gasteiger partial charge in [0.1, 0.15) is 0 Å². The first-order valence-electron chi connectivity index (χ1n) is 4.87. The monoisotopic (exact) mass is 340 g/mol. The summed E-state index contributed by atoms with van der Waals surface area (Å²) in [6.07, 6.45) is 3.60.